The van der Waals surface area contributed by atoms with Crippen LogP contribution >= 0.6 is 23.4 Å². The number of nitrogens with zero attached hydrogens (tertiary/aromatic N) is 1. The normalized spacial score (nSPS) is 19.0. The summed E-state index contributed by atoms with van der Waals surface area (Å²) in [6, 6.07) is 6.54. The topological polar surface area (TPSA) is 72.9 Å². The molecule has 0 N–H and O–H groups in total. The van der Waals surface area contributed by atoms with E-state index in [0.29, 0.717) is 17.4 Å². The van der Waals surface area contributed by atoms with Crippen LogP contribution in [0.25, 0.3) is 0 Å². The third kappa shape index (κ3) is 5.88. The summed E-state index contributed by atoms with van der Waals surface area (Å²) < 4.78 is 10.3. The van der Waals surface area contributed by atoms with Gasteiger partial charge in [-0.2, -0.15) is 0 Å². The number of carbonyl (C=O) groups excluding carboxylic acids is 3. The van der Waals surface area contributed by atoms with Gasteiger partial charge in [0.15, 0.2) is 0 Å². The lowest BCUT2D eigenvalue weighted by molar-refractivity contribution is -0.155. The smallest absolute Gasteiger partial charge is 0.329 e. The second-order valence-electron chi connectivity index (χ2n) is 6.85. The fraction of sp³-hybridized carbons (Fsp3) is 0.550. The molecule has 1 aliphatic rings. The van der Waals surface area contributed by atoms with E-state index in [9.17, 15) is 14.4 Å². The molecule has 1 aliphatic heterocycles. The zero-order valence-corrected chi connectivity index (χ0v) is 17.9. The molecule has 0 bridgehead atoms. The lowest BCUT2D eigenvalue weighted by atomic mass is 10.1. The SMILES string of the molecule is CCOC(=O)CCC(=O)N1C(C(=O)OCC(C)C)CSC1c1ccccc1Cl. The molecule has 1 aromatic carbocycles. The quantitative estimate of drug-likeness (QED) is 0.587. The van der Waals surface area contributed by atoms with Crippen LogP contribution in [0.3, 0.4) is 0 Å². The van der Waals surface area contributed by atoms with E-state index in [1.54, 1.807) is 13.0 Å². The molecule has 2 rings (SSSR count). The molecule has 1 fully saturated rings. The fourth-order valence-corrected chi connectivity index (χ4v) is 4.60. The van der Waals surface area contributed by atoms with Crippen molar-refractivity contribution >= 4 is 41.2 Å². The first kappa shape index (κ1) is 22.6. The van der Waals surface area contributed by atoms with Crippen LogP contribution in [0, 0.1) is 5.92 Å². The van der Waals surface area contributed by atoms with E-state index in [4.69, 9.17) is 21.1 Å². The first-order chi connectivity index (χ1) is 13.3. The van der Waals surface area contributed by atoms with Crippen LogP contribution in [-0.2, 0) is 23.9 Å². The van der Waals surface area contributed by atoms with E-state index in [0.717, 1.165) is 5.56 Å². The van der Waals surface area contributed by atoms with E-state index >= 15 is 0 Å². The number of hydrogen-bond acceptors (Lipinski definition) is 6. The van der Waals surface area contributed by atoms with Crippen LogP contribution in [0.4, 0.5) is 0 Å². The van der Waals surface area contributed by atoms with Crippen LogP contribution in [0.1, 0.15) is 44.6 Å². The molecule has 2 unspecified atom stereocenters. The maximum absolute atomic E-state index is 13.0. The Morgan fingerprint density at radius 1 is 1.21 bits per heavy atom. The average molecular weight is 428 g/mol. The fourth-order valence-electron chi connectivity index (χ4n) is 2.82. The zero-order chi connectivity index (χ0) is 20.7. The molecular formula is C20H26ClNO5S. The maximum atomic E-state index is 13.0. The van der Waals surface area contributed by atoms with Gasteiger partial charge in [-0.05, 0) is 18.9 Å². The number of halogens is 1. The molecule has 8 heteroatoms. The number of benzene rings is 1. The Kier molecular flexibility index (Phi) is 8.63. The third-order valence-corrected chi connectivity index (χ3v) is 5.79. The molecule has 0 saturated carbocycles. The second-order valence-corrected chi connectivity index (χ2v) is 8.37. The molecule has 0 spiro atoms. The predicted molar refractivity (Wildman–Crippen MR) is 109 cm³/mol. The van der Waals surface area contributed by atoms with Crippen LogP contribution in [-0.4, -0.2) is 47.8 Å². The lowest BCUT2D eigenvalue weighted by Crippen LogP contribution is -2.44. The van der Waals surface area contributed by atoms with Gasteiger partial charge in [-0.25, -0.2) is 4.79 Å². The Hall–Kier alpha value is -1.73. The number of ether oxygens (including phenoxy) is 2. The highest BCUT2D eigenvalue weighted by molar-refractivity contribution is 7.99. The Balaban J connectivity index is 2.20. The Morgan fingerprint density at radius 2 is 1.93 bits per heavy atom. The minimum atomic E-state index is -0.709. The van der Waals surface area contributed by atoms with Crippen molar-refractivity contribution in [2.45, 2.75) is 45.0 Å². The number of rotatable bonds is 8. The molecule has 0 aromatic heterocycles. The second kappa shape index (κ2) is 10.7. The molecule has 28 heavy (non-hydrogen) atoms. The summed E-state index contributed by atoms with van der Waals surface area (Å²) in [5.74, 6) is -0.547. The van der Waals surface area contributed by atoms with Gasteiger partial charge in [-0.15, -0.1) is 11.8 Å². The van der Waals surface area contributed by atoms with Gasteiger partial charge in [0.05, 0.1) is 19.6 Å². The van der Waals surface area contributed by atoms with Crippen molar-refractivity contribution in [3.8, 4) is 0 Å². The monoisotopic (exact) mass is 427 g/mol. The van der Waals surface area contributed by atoms with Gasteiger partial charge >= 0.3 is 11.9 Å². The molecule has 1 saturated heterocycles. The van der Waals surface area contributed by atoms with Gasteiger partial charge in [0, 0.05) is 22.8 Å². The minimum Gasteiger partial charge on any atom is -0.466 e. The van der Waals surface area contributed by atoms with Gasteiger partial charge in [0.1, 0.15) is 11.4 Å². The standard InChI is InChI=1S/C20H26ClNO5S/c1-4-26-18(24)10-9-17(23)22-16(20(25)27-11-13(2)3)12-28-19(22)14-7-5-6-8-15(14)21/h5-8,13,16,19H,4,9-12H2,1-3H3. The van der Waals surface area contributed by atoms with Gasteiger partial charge < -0.3 is 14.4 Å². The summed E-state index contributed by atoms with van der Waals surface area (Å²) in [5.41, 5.74) is 0.762. The van der Waals surface area contributed by atoms with Crippen molar-refractivity contribution in [2.75, 3.05) is 19.0 Å². The number of thioether (sulfide) groups is 1. The summed E-state index contributed by atoms with van der Waals surface area (Å²) in [5, 5.41) is 0.124. The van der Waals surface area contributed by atoms with Crippen molar-refractivity contribution in [1.29, 1.82) is 0 Å². The summed E-state index contributed by atoms with van der Waals surface area (Å²) in [6.45, 7) is 6.17. The van der Waals surface area contributed by atoms with Gasteiger partial charge in [0.2, 0.25) is 5.91 Å². The Labute approximate surface area is 174 Å². The largest absolute Gasteiger partial charge is 0.466 e. The highest BCUT2D eigenvalue weighted by Gasteiger charge is 2.43. The summed E-state index contributed by atoms with van der Waals surface area (Å²) >= 11 is 7.80. The molecule has 1 heterocycles. The molecule has 2 atom stereocenters. The highest BCUT2D eigenvalue weighted by Crippen LogP contribution is 2.44. The summed E-state index contributed by atoms with van der Waals surface area (Å²) in [7, 11) is 0. The van der Waals surface area contributed by atoms with Crippen molar-refractivity contribution < 1.29 is 23.9 Å². The summed E-state index contributed by atoms with van der Waals surface area (Å²) in [4.78, 5) is 38.7. The van der Waals surface area contributed by atoms with Crippen molar-refractivity contribution in [2.24, 2.45) is 5.92 Å². The average Bonchev–Trinajstić information content (AvgIpc) is 3.09. The number of hydrogen-bond donors (Lipinski definition) is 0. The van der Waals surface area contributed by atoms with E-state index in [2.05, 4.69) is 0 Å². The van der Waals surface area contributed by atoms with Crippen molar-refractivity contribution in [1.82, 2.24) is 4.90 Å². The van der Waals surface area contributed by atoms with Gasteiger partial charge in [-0.3, -0.25) is 9.59 Å². The third-order valence-electron chi connectivity index (χ3n) is 4.14. The first-order valence-electron chi connectivity index (χ1n) is 9.34. The van der Waals surface area contributed by atoms with E-state index < -0.39 is 23.4 Å². The number of esters is 2. The number of carbonyl (C=O) groups is 3. The lowest BCUT2D eigenvalue weighted by Gasteiger charge is -2.29. The maximum Gasteiger partial charge on any atom is 0.329 e. The molecular weight excluding hydrogens is 402 g/mol. The van der Waals surface area contributed by atoms with E-state index in [-0.39, 0.29) is 31.3 Å². The summed E-state index contributed by atoms with van der Waals surface area (Å²) in [6.07, 6.45) is -0.0643. The van der Waals surface area contributed by atoms with Gasteiger partial charge in [0.25, 0.3) is 0 Å². The molecule has 6 nitrogen and oxygen atoms in total. The Bertz CT molecular complexity index is 712. The zero-order valence-electron chi connectivity index (χ0n) is 16.4. The molecule has 0 radical (unpaired) electrons. The van der Waals surface area contributed by atoms with Crippen LogP contribution in [0.2, 0.25) is 5.02 Å². The molecule has 154 valence electrons. The molecule has 0 aliphatic carbocycles. The highest BCUT2D eigenvalue weighted by atomic mass is 35.5. The van der Waals surface area contributed by atoms with Crippen LogP contribution in [0.15, 0.2) is 24.3 Å². The Morgan fingerprint density at radius 3 is 2.57 bits per heavy atom. The van der Waals surface area contributed by atoms with E-state index in [1.165, 1.54) is 16.7 Å². The number of amides is 1. The molecule has 1 amide bonds. The van der Waals surface area contributed by atoms with Crippen molar-refractivity contribution in [3.63, 3.8) is 0 Å². The van der Waals surface area contributed by atoms with Crippen LogP contribution in [0.5, 0.6) is 0 Å². The van der Waals surface area contributed by atoms with Gasteiger partial charge in [-0.1, -0.05) is 43.6 Å². The van der Waals surface area contributed by atoms with Crippen molar-refractivity contribution in [3.05, 3.63) is 34.9 Å². The predicted octanol–water partition coefficient (Wildman–Crippen LogP) is 3.83. The minimum absolute atomic E-state index is 0.0309. The van der Waals surface area contributed by atoms with E-state index in [1.807, 2.05) is 32.0 Å². The van der Waals surface area contributed by atoms with Crippen LogP contribution < -0.4 is 0 Å². The molecule has 1 aromatic rings. The first-order valence-corrected chi connectivity index (χ1v) is 10.8.